The van der Waals surface area contributed by atoms with Gasteiger partial charge in [-0.25, -0.2) is 4.79 Å². The number of carboxylic acid groups (broad SMARTS) is 1. The Balaban J connectivity index is 2.40. The van der Waals surface area contributed by atoms with E-state index in [0.29, 0.717) is 35.8 Å². The molecule has 1 aliphatic heterocycles. The van der Waals surface area contributed by atoms with E-state index in [0.717, 1.165) is 12.8 Å². The van der Waals surface area contributed by atoms with Crippen molar-refractivity contribution in [2.45, 2.75) is 25.3 Å². The zero-order valence-corrected chi connectivity index (χ0v) is 13.5. The zero-order valence-electron chi connectivity index (χ0n) is 13.5. The second kappa shape index (κ2) is 7.21. The highest BCUT2D eigenvalue weighted by Gasteiger charge is 2.33. The standard InChI is InChI=1S/C16H21NO6/c1-21-12-8-10(9-13(22-2)14(12)23-3)15(18)17-7-5-4-6-11(17)16(19)20/h8-9,11H,4-7H2,1-3H3,(H,19,20)/t11-/m1/s1. The molecule has 0 saturated carbocycles. The maximum absolute atomic E-state index is 12.8. The first-order valence-electron chi connectivity index (χ1n) is 7.37. The van der Waals surface area contributed by atoms with Crippen molar-refractivity contribution in [1.29, 1.82) is 0 Å². The van der Waals surface area contributed by atoms with Crippen LogP contribution in [-0.4, -0.2) is 55.8 Å². The molecule has 2 rings (SSSR count). The number of carbonyl (C=O) groups excluding carboxylic acids is 1. The maximum Gasteiger partial charge on any atom is 0.326 e. The molecular formula is C16H21NO6. The third kappa shape index (κ3) is 3.33. The maximum atomic E-state index is 12.8. The van der Waals surface area contributed by atoms with Gasteiger partial charge in [0.05, 0.1) is 21.3 Å². The third-order valence-electron chi connectivity index (χ3n) is 3.96. The largest absolute Gasteiger partial charge is 0.493 e. The molecule has 1 aliphatic rings. The van der Waals surface area contributed by atoms with E-state index in [9.17, 15) is 14.7 Å². The van der Waals surface area contributed by atoms with Gasteiger partial charge in [-0.15, -0.1) is 0 Å². The summed E-state index contributed by atoms with van der Waals surface area (Å²) in [7, 11) is 4.41. The number of hydrogen-bond acceptors (Lipinski definition) is 5. The number of nitrogens with zero attached hydrogens (tertiary/aromatic N) is 1. The molecule has 1 heterocycles. The fourth-order valence-electron chi connectivity index (χ4n) is 2.80. The predicted molar refractivity (Wildman–Crippen MR) is 82.4 cm³/mol. The summed E-state index contributed by atoms with van der Waals surface area (Å²) in [6.07, 6.45) is 2.06. The second-order valence-electron chi connectivity index (χ2n) is 5.26. The highest BCUT2D eigenvalue weighted by Crippen LogP contribution is 2.38. The van der Waals surface area contributed by atoms with Gasteiger partial charge in [-0.2, -0.15) is 0 Å². The Labute approximate surface area is 134 Å². The summed E-state index contributed by atoms with van der Waals surface area (Å²) in [6, 6.07) is 2.28. The Hall–Kier alpha value is -2.44. The number of amides is 1. The molecule has 0 aliphatic carbocycles. The van der Waals surface area contributed by atoms with E-state index in [1.165, 1.54) is 38.4 Å². The molecule has 23 heavy (non-hydrogen) atoms. The number of piperidine rings is 1. The van der Waals surface area contributed by atoms with Crippen LogP contribution in [0.4, 0.5) is 0 Å². The van der Waals surface area contributed by atoms with Crippen LogP contribution in [0.3, 0.4) is 0 Å². The minimum Gasteiger partial charge on any atom is -0.493 e. The number of likely N-dealkylation sites (tertiary alicyclic amines) is 1. The minimum absolute atomic E-state index is 0.313. The summed E-state index contributed by atoms with van der Waals surface area (Å²) in [6.45, 7) is 0.423. The van der Waals surface area contributed by atoms with E-state index in [1.807, 2.05) is 0 Å². The predicted octanol–water partition coefficient (Wildman–Crippen LogP) is 1.79. The minimum atomic E-state index is -0.981. The Morgan fingerprint density at radius 1 is 1.09 bits per heavy atom. The van der Waals surface area contributed by atoms with E-state index in [1.54, 1.807) is 0 Å². The molecule has 126 valence electrons. The van der Waals surface area contributed by atoms with Gasteiger partial charge in [-0.1, -0.05) is 0 Å². The molecule has 1 atom stereocenters. The molecule has 1 saturated heterocycles. The lowest BCUT2D eigenvalue weighted by atomic mass is 10.0. The lowest BCUT2D eigenvalue weighted by Gasteiger charge is -2.33. The Morgan fingerprint density at radius 2 is 1.70 bits per heavy atom. The van der Waals surface area contributed by atoms with Gasteiger partial charge in [0.15, 0.2) is 11.5 Å². The number of hydrogen-bond donors (Lipinski definition) is 1. The highest BCUT2D eigenvalue weighted by molar-refractivity contribution is 5.98. The van der Waals surface area contributed by atoms with Gasteiger partial charge in [-0.3, -0.25) is 4.79 Å². The summed E-state index contributed by atoms with van der Waals surface area (Å²) in [5.74, 6) is -0.222. The van der Waals surface area contributed by atoms with E-state index in [-0.39, 0.29) is 5.91 Å². The summed E-state index contributed by atoms with van der Waals surface area (Å²) >= 11 is 0. The van der Waals surface area contributed by atoms with Gasteiger partial charge in [0.25, 0.3) is 5.91 Å². The number of rotatable bonds is 5. The van der Waals surface area contributed by atoms with Gasteiger partial charge >= 0.3 is 5.97 Å². The summed E-state index contributed by atoms with van der Waals surface area (Å²) in [4.78, 5) is 25.5. The summed E-state index contributed by atoms with van der Waals surface area (Å²) in [5.41, 5.74) is 0.313. The van der Waals surface area contributed by atoms with Gasteiger partial charge in [-0.05, 0) is 31.4 Å². The number of methoxy groups -OCH3 is 3. The number of ether oxygens (including phenoxy) is 3. The Kier molecular flexibility index (Phi) is 5.31. The van der Waals surface area contributed by atoms with Crippen molar-refractivity contribution in [2.24, 2.45) is 0 Å². The van der Waals surface area contributed by atoms with Crippen LogP contribution in [0.15, 0.2) is 12.1 Å². The van der Waals surface area contributed by atoms with Crippen molar-refractivity contribution >= 4 is 11.9 Å². The monoisotopic (exact) mass is 323 g/mol. The molecule has 0 unspecified atom stereocenters. The van der Waals surface area contributed by atoms with Crippen molar-refractivity contribution < 1.29 is 28.9 Å². The molecule has 1 aromatic rings. The van der Waals surface area contributed by atoms with Crippen molar-refractivity contribution in [3.05, 3.63) is 17.7 Å². The second-order valence-corrected chi connectivity index (χ2v) is 5.26. The average Bonchev–Trinajstić information content (AvgIpc) is 2.59. The van der Waals surface area contributed by atoms with Gasteiger partial charge in [0, 0.05) is 12.1 Å². The van der Waals surface area contributed by atoms with Crippen LogP contribution >= 0.6 is 0 Å². The van der Waals surface area contributed by atoms with E-state index in [4.69, 9.17) is 14.2 Å². The van der Waals surface area contributed by atoms with Crippen molar-refractivity contribution in [1.82, 2.24) is 4.90 Å². The third-order valence-corrected chi connectivity index (χ3v) is 3.96. The van der Waals surface area contributed by atoms with E-state index < -0.39 is 12.0 Å². The molecule has 1 aromatic carbocycles. The molecule has 1 N–H and O–H groups in total. The molecule has 7 nitrogen and oxygen atoms in total. The molecule has 0 spiro atoms. The van der Waals surface area contributed by atoms with E-state index >= 15 is 0 Å². The average molecular weight is 323 g/mol. The van der Waals surface area contributed by atoms with Crippen LogP contribution in [0.5, 0.6) is 17.2 Å². The van der Waals surface area contributed by atoms with Crippen molar-refractivity contribution in [3.63, 3.8) is 0 Å². The fourth-order valence-corrected chi connectivity index (χ4v) is 2.80. The number of benzene rings is 1. The first kappa shape index (κ1) is 16.9. The fraction of sp³-hybridized carbons (Fsp3) is 0.500. The molecule has 0 bridgehead atoms. The summed E-state index contributed by atoms with van der Waals surface area (Å²) < 4.78 is 15.7. The van der Waals surface area contributed by atoms with Crippen LogP contribution in [0, 0.1) is 0 Å². The molecule has 7 heteroatoms. The number of aliphatic carboxylic acids is 1. The lowest BCUT2D eigenvalue weighted by Crippen LogP contribution is -2.48. The first-order valence-corrected chi connectivity index (χ1v) is 7.37. The molecule has 0 aromatic heterocycles. The highest BCUT2D eigenvalue weighted by atomic mass is 16.5. The smallest absolute Gasteiger partial charge is 0.326 e. The molecule has 0 radical (unpaired) electrons. The quantitative estimate of drug-likeness (QED) is 0.889. The van der Waals surface area contributed by atoms with Crippen LogP contribution in [0.1, 0.15) is 29.6 Å². The Morgan fingerprint density at radius 3 is 2.17 bits per heavy atom. The van der Waals surface area contributed by atoms with Gasteiger partial charge < -0.3 is 24.2 Å². The van der Waals surface area contributed by atoms with Gasteiger partial charge in [0.1, 0.15) is 6.04 Å². The SMILES string of the molecule is COc1cc(C(=O)N2CCCC[C@@H]2C(=O)O)cc(OC)c1OC. The lowest BCUT2D eigenvalue weighted by molar-refractivity contribution is -0.143. The van der Waals surface area contributed by atoms with Crippen LogP contribution in [0.25, 0.3) is 0 Å². The molecule has 1 fully saturated rings. The van der Waals surface area contributed by atoms with Crippen molar-refractivity contribution in [3.8, 4) is 17.2 Å². The van der Waals surface area contributed by atoms with Gasteiger partial charge in [0.2, 0.25) is 5.75 Å². The van der Waals surface area contributed by atoms with Crippen molar-refractivity contribution in [2.75, 3.05) is 27.9 Å². The van der Waals surface area contributed by atoms with Crippen LogP contribution in [-0.2, 0) is 4.79 Å². The summed E-state index contributed by atoms with van der Waals surface area (Å²) in [5, 5.41) is 9.32. The van der Waals surface area contributed by atoms with Crippen LogP contribution in [0.2, 0.25) is 0 Å². The molecule has 1 amide bonds. The van der Waals surface area contributed by atoms with E-state index in [2.05, 4.69) is 0 Å². The number of carbonyl (C=O) groups is 2. The topological polar surface area (TPSA) is 85.3 Å². The first-order chi connectivity index (χ1) is 11.0. The molecular weight excluding hydrogens is 302 g/mol. The normalized spacial score (nSPS) is 17.5. The van der Waals surface area contributed by atoms with Crippen LogP contribution < -0.4 is 14.2 Å². The number of carboxylic acids is 1. The Bertz CT molecular complexity index is 575. The zero-order chi connectivity index (χ0) is 17.0.